The van der Waals surface area contributed by atoms with Crippen molar-refractivity contribution in [3.63, 3.8) is 0 Å². The zero-order valence-electron chi connectivity index (χ0n) is 12.2. The fourth-order valence-electron chi connectivity index (χ4n) is 2.76. The summed E-state index contributed by atoms with van der Waals surface area (Å²) in [6.45, 7) is 6.16. The third kappa shape index (κ3) is 1.83. The summed E-state index contributed by atoms with van der Waals surface area (Å²) in [5.74, 6) is 0.649. The van der Waals surface area contributed by atoms with Crippen molar-refractivity contribution < 1.29 is 0 Å². The van der Waals surface area contributed by atoms with Crippen LogP contribution in [0.4, 0.5) is 0 Å². The molecule has 4 heteroatoms. The Labute approximate surface area is 117 Å². The van der Waals surface area contributed by atoms with Gasteiger partial charge < -0.3 is 4.98 Å². The van der Waals surface area contributed by atoms with Crippen LogP contribution in [0.5, 0.6) is 0 Å². The molecule has 0 aliphatic rings. The van der Waals surface area contributed by atoms with Crippen molar-refractivity contribution >= 4 is 16.8 Å². The molecule has 0 amide bonds. The molecule has 0 fully saturated rings. The average molecular weight is 269 g/mol. The average Bonchev–Trinajstić information content (AvgIpc) is 2.77. The van der Waals surface area contributed by atoms with Crippen LogP contribution in [0.15, 0.2) is 23.0 Å². The van der Waals surface area contributed by atoms with E-state index in [1.165, 1.54) is 0 Å². The lowest BCUT2D eigenvalue weighted by molar-refractivity contribution is 0.835. The van der Waals surface area contributed by atoms with Gasteiger partial charge in [0.05, 0.1) is 16.7 Å². The van der Waals surface area contributed by atoms with Crippen LogP contribution in [0.1, 0.15) is 37.1 Å². The Kier molecular flexibility index (Phi) is 3.08. The molecule has 1 N–H and O–H groups in total. The lowest BCUT2D eigenvalue weighted by atomic mass is 10.1. The minimum atomic E-state index is 0.0674. The van der Waals surface area contributed by atoms with E-state index in [2.05, 4.69) is 16.9 Å². The molecule has 20 heavy (non-hydrogen) atoms. The summed E-state index contributed by atoms with van der Waals surface area (Å²) in [6.07, 6.45) is 2.57. The van der Waals surface area contributed by atoms with E-state index in [4.69, 9.17) is 0 Å². The lowest BCUT2D eigenvalue weighted by Gasteiger charge is -2.06. The Bertz CT molecular complexity index is 842. The maximum absolute atomic E-state index is 12.7. The molecule has 2 aromatic heterocycles. The number of hydrogen-bond acceptors (Lipinski definition) is 2. The van der Waals surface area contributed by atoms with Crippen molar-refractivity contribution in [3.05, 3.63) is 45.4 Å². The number of benzene rings is 1. The third-order valence-electron chi connectivity index (χ3n) is 3.74. The Balaban J connectivity index is 2.45. The lowest BCUT2D eigenvalue weighted by Crippen LogP contribution is -2.21. The number of aromatic nitrogens is 3. The highest BCUT2D eigenvalue weighted by Crippen LogP contribution is 2.17. The summed E-state index contributed by atoms with van der Waals surface area (Å²) in [5, 5.41) is 0. The van der Waals surface area contributed by atoms with E-state index in [9.17, 15) is 4.79 Å². The molecule has 4 nitrogen and oxygen atoms in total. The van der Waals surface area contributed by atoms with Crippen molar-refractivity contribution in [2.75, 3.05) is 0 Å². The third-order valence-corrected chi connectivity index (χ3v) is 3.74. The SMILES string of the molecule is CCCc1nc2[nH]c3ccc(C)cc3n2c(=O)c1CC. The molecular weight excluding hydrogens is 250 g/mol. The molecular formula is C16H19N3O. The van der Waals surface area contributed by atoms with Crippen molar-refractivity contribution in [2.24, 2.45) is 0 Å². The van der Waals surface area contributed by atoms with E-state index in [1.54, 1.807) is 4.40 Å². The number of hydrogen-bond donors (Lipinski definition) is 1. The first kappa shape index (κ1) is 12.9. The number of aromatic amines is 1. The maximum Gasteiger partial charge on any atom is 0.263 e. The normalized spacial score (nSPS) is 11.6. The van der Waals surface area contributed by atoms with Gasteiger partial charge in [0.25, 0.3) is 5.56 Å². The van der Waals surface area contributed by atoms with Gasteiger partial charge in [0.1, 0.15) is 0 Å². The molecule has 0 atom stereocenters. The van der Waals surface area contributed by atoms with Crippen molar-refractivity contribution in [3.8, 4) is 0 Å². The zero-order valence-corrected chi connectivity index (χ0v) is 12.2. The number of fused-ring (bicyclic) bond motifs is 3. The number of nitrogens with one attached hydrogen (secondary N) is 1. The molecule has 104 valence electrons. The Morgan fingerprint density at radius 1 is 1.30 bits per heavy atom. The largest absolute Gasteiger partial charge is 0.323 e. The highest BCUT2D eigenvalue weighted by molar-refractivity contribution is 5.80. The van der Waals surface area contributed by atoms with E-state index in [0.717, 1.165) is 47.1 Å². The number of aryl methyl sites for hydroxylation is 2. The molecule has 0 saturated heterocycles. The molecule has 0 bridgehead atoms. The van der Waals surface area contributed by atoms with Gasteiger partial charge in [0.2, 0.25) is 5.78 Å². The molecule has 0 saturated carbocycles. The second-order valence-electron chi connectivity index (χ2n) is 5.25. The van der Waals surface area contributed by atoms with Crippen molar-refractivity contribution in [2.45, 2.75) is 40.0 Å². The Morgan fingerprint density at radius 2 is 2.10 bits per heavy atom. The standard InChI is InChI=1S/C16H19N3O/c1-4-6-12-11(5-2)15(20)19-14-9-10(3)7-8-13(14)18-16(19)17-12/h7-9H,4-6H2,1-3H3,(H,17,18). The monoisotopic (exact) mass is 269 g/mol. The zero-order chi connectivity index (χ0) is 14.3. The van der Waals surface area contributed by atoms with Crippen LogP contribution in [-0.4, -0.2) is 14.4 Å². The van der Waals surface area contributed by atoms with Crippen LogP contribution in [0.25, 0.3) is 16.8 Å². The summed E-state index contributed by atoms with van der Waals surface area (Å²) in [7, 11) is 0. The van der Waals surface area contributed by atoms with Crippen molar-refractivity contribution in [1.82, 2.24) is 14.4 Å². The summed E-state index contributed by atoms with van der Waals surface area (Å²) >= 11 is 0. The number of imidazole rings is 1. The molecule has 0 radical (unpaired) electrons. The topological polar surface area (TPSA) is 50.2 Å². The summed E-state index contributed by atoms with van der Waals surface area (Å²) in [5.41, 5.74) is 4.85. The summed E-state index contributed by atoms with van der Waals surface area (Å²) < 4.78 is 1.71. The molecule has 0 aliphatic carbocycles. The van der Waals surface area contributed by atoms with Crippen LogP contribution in [-0.2, 0) is 12.8 Å². The van der Waals surface area contributed by atoms with Gasteiger partial charge in [-0.1, -0.05) is 26.3 Å². The van der Waals surface area contributed by atoms with Crippen LogP contribution in [0, 0.1) is 6.92 Å². The van der Waals surface area contributed by atoms with Gasteiger partial charge in [-0.05, 0) is 37.5 Å². The fraction of sp³-hybridized carbons (Fsp3) is 0.375. The fourth-order valence-corrected chi connectivity index (χ4v) is 2.76. The number of nitrogens with zero attached hydrogens (tertiary/aromatic N) is 2. The van der Waals surface area contributed by atoms with Gasteiger partial charge in [0.15, 0.2) is 0 Å². The second-order valence-corrected chi connectivity index (χ2v) is 5.25. The van der Waals surface area contributed by atoms with Gasteiger partial charge >= 0.3 is 0 Å². The van der Waals surface area contributed by atoms with E-state index in [-0.39, 0.29) is 5.56 Å². The molecule has 3 rings (SSSR count). The van der Waals surface area contributed by atoms with Crippen LogP contribution in [0.3, 0.4) is 0 Å². The van der Waals surface area contributed by atoms with E-state index < -0.39 is 0 Å². The molecule has 0 spiro atoms. The molecule has 2 heterocycles. The van der Waals surface area contributed by atoms with Crippen LogP contribution in [0.2, 0.25) is 0 Å². The minimum Gasteiger partial charge on any atom is -0.323 e. The molecule has 0 unspecified atom stereocenters. The summed E-state index contributed by atoms with van der Waals surface area (Å²) in [6, 6.07) is 6.07. The van der Waals surface area contributed by atoms with Gasteiger partial charge in [-0.3, -0.25) is 4.79 Å². The number of H-pyrrole nitrogens is 1. The van der Waals surface area contributed by atoms with E-state index in [1.807, 2.05) is 32.0 Å². The Morgan fingerprint density at radius 3 is 2.80 bits per heavy atom. The van der Waals surface area contributed by atoms with Gasteiger partial charge in [-0.25, -0.2) is 9.38 Å². The predicted molar refractivity (Wildman–Crippen MR) is 81.4 cm³/mol. The van der Waals surface area contributed by atoms with E-state index >= 15 is 0 Å². The van der Waals surface area contributed by atoms with Gasteiger partial charge in [0, 0.05) is 5.56 Å². The van der Waals surface area contributed by atoms with Crippen LogP contribution < -0.4 is 5.56 Å². The number of rotatable bonds is 3. The quantitative estimate of drug-likeness (QED) is 0.794. The highest BCUT2D eigenvalue weighted by Gasteiger charge is 2.14. The molecule has 3 aromatic rings. The van der Waals surface area contributed by atoms with E-state index in [0.29, 0.717) is 5.78 Å². The Hall–Kier alpha value is -2.10. The maximum atomic E-state index is 12.7. The van der Waals surface area contributed by atoms with Gasteiger partial charge in [-0.2, -0.15) is 0 Å². The first-order valence-corrected chi connectivity index (χ1v) is 7.18. The predicted octanol–water partition coefficient (Wildman–Crippen LogP) is 3.00. The van der Waals surface area contributed by atoms with Crippen molar-refractivity contribution in [1.29, 1.82) is 0 Å². The smallest absolute Gasteiger partial charge is 0.263 e. The first-order chi connectivity index (χ1) is 9.65. The first-order valence-electron chi connectivity index (χ1n) is 7.18. The van der Waals surface area contributed by atoms with Gasteiger partial charge in [-0.15, -0.1) is 0 Å². The highest BCUT2D eigenvalue weighted by atomic mass is 16.1. The second kappa shape index (κ2) is 4.78. The molecule has 0 aliphatic heterocycles. The molecule has 1 aromatic carbocycles. The minimum absolute atomic E-state index is 0.0674. The van der Waals surface area contributed by atoms with Crippen LogP contribution >= 0.6 is 0 Å². The summed E-state index contributed by atoms with van der Waals surface area (Å²) in [4.78, 5) is 20.7.